The number of aromatic carboxylic acids is 2. The molecule has 0 saturated heterocycles. The van der Waals surface area contributed by atoms with Crippen LogP contribution in [-0.4, -0.2) is 27.3 Å². The molecule has 0 fully saturated rings. The number of aromatic hydroxyl groups is 1. The van der Waals surface area contributed by atoms with Gasteiger partial charge in [0.15, 0.2) is 5.75 Å². The molecule has 2 rings (SSSR count). The predicted octanol–water partition coefficient (Wildman–Crippen LogP) is 8.36. The summed E-state index contributed by atoms with van der Waals surface area (Å²) in [7, 11) is 0. The van der Waals surface area contributed by atoms with Gasteiger partial charge in [0.05, 0.1) is 46.3 Å². The van der Waals surface area contributed by atoms with Gasteiger partial charge in [-0.1, -0.05) is 104 Å². The van der Waals surface area contributed by atoms with Crippen molar-refractivity contribution < 1.29 is 24.9 Å². The van der Waals surface area contributed by atoms with Crippen molar-refractivity contribution in [3.8, 4) is 5.75 Å². The third-order valence-corrected chi connectivity index (χ3v) is 6.84. The van der Waals surface area contributed by atoms with Crippen LogP contribution in [0.15, 0.2) is 0 Å². The van der Waals surface area contributed by atoms with Crippen LogP contribution in [0.25, 0.3) is 0 Å². The maximum Gasteiger partial charge on any atom is 0.338 e. The maximum atomic E-state index is 10.8. The van der Waals surface area contributed by atoms with Gasteiger partial charge in [-0.25, -0.2) is 9.59 Å². The Hall–Kier alpha value is -0.210. The van der Waals surface area contributed by atoms with Gasteiger partial charge in [-0.3, -0.25) is 0 Å². The number of carboxylic acids is 2. The summed E-state index contributed by atoms with van der Waals surface area (Å²) in [5.74, 6) is -3.34. The summed E-state index contributed by atoms with van der Waals surface area (Å²) in [6.07, 6.45) is 0. The average molecular weight is 570 g/mol. The SMILES string of the molecule is O=C(O)c1c(Cl)c(Cl)c(Cl)c(C(=O)O)c1Cl.Oc1c(Cl)c(Cl)c(Cl)c(Cl)c1Cl. The first-order valence-corrected chi connectivity index (χ1v) is 9.68. The smallest absolute Gasteiger partial charge is 0.338 e. The Kier molecular flexibility index (Phi) is 9.41. The molecule has 0 saturated carbocycles. The van der Waals surface area contributed by atoms with Gasteiger partial charge in [-0.15, -0.1) is 0 Å². The van der Waals surface area contributed by atoms with E-state index in [1.54, 1.807) is 0 Å². The highest BCUT2D eigenvalue weighted by Gasteiger charge is 2.27. The number of carbonyl (C=O) groups is 2. The van der Waals surface area contributed by atoms with Crippen LogP contribution in [0.4, 0.5) is 0 Å². The number of carboxylic acid groups (broad SMARTS) is 2. The fourth-order valence-electron chi connectivity index (χ4n) is 1.60. The van der Waals surface area contributed by atoms with Gasteiger partial charge < -0.3 is 15.3 Å². The number of benzene rings is 2. The highest BCUT2D eigenvalue weighted by molar-refractivity contribution is 6.56. The topological polar surface area (TPSA) is 94.8 Å². The number of phenols is 1. The van der Waals surface area contributed by atoms with Gasteiger partial charge in [0.1, 0.15) is 10.0 Å². The van der Waals surface area contributed by atoms with Crippen molar-refractivity contribution in [2.45, 2.75) is 0 Å². The van der Waals surface area contributed by atoms with Crippen molar-refractivity contribution in [3.63, 3.8) is 0 Å². The van der Waals surface area contributed by atoms with E-state index in [0.29, 0.717) is 0 Å². The molecular weight excluding hydrogens is 567 g/mol. The van der Waals surface area contributed by atoms with E-state index in [0.717, 1.165) is 0 Å². The minimum absolute atomic E-state index is 0.00904. The van der Waals surface area contributed by atoms with E-state index >= 15 is 0 Å². The third-order valence-electron chi connectivity index (χ3n) is 2.88. The summed E-state index contributed by atoms with van der Waals surface area (Å²) in [5.41, 5.74) is -1.18. The standard InChI is InChI=1S/C8H2Cl4O4.C6HCl5O/c9-3-1(7(13)14)4(10)6(12)5(11)2(3)8(15)16;7-1-2(8)4(10)6(12)5(11)3(1)9/h(H,13,14)(H,15,16);12H. The first kappa shape index (κ1) is 25.8. The molecule has 0 aliphatic heterocycles. The number of hydrogen-bond acceptors (Lipinski definition) is 3. The second kappa shape index (κ2) is 10.2. The molecule has 14 heteroatoms. The van der Waals surface area contributed by atoms with Crippen LogP contribution >= 0.6 is 104 Å². The number of rotatable bonds is 2. The van der Waals surface area contributed by atoms with E-state index in [4.69, 9.17) is 115 Å². The van der Waals surface area contributed by atoms with Crippen molar-refractivity contribution in [1.82, 2.24) is 0 Å². The molecule has 0 aliphatic carbocycles. The largest absolute Gasteiger partial charge is 0.505 e. The lowest BCUT2D eigenvalue weighted by molar-refractivity contribution is 0.0696. The van der Waals surface area contributed by atoms with Crippen molar-refractivity contribution in [2.24, 2.45) is 0 Å². The van der Waals surface area contributed by atoms with Crippen LogP contribution in [0, 0.1) is 0 Å². The lowest BCUT2D eigenvalue weighted by atomic mass is 10.1. The summed E-state index contributed by atoms with van der Waals surface area (Å²) in [6.45, 7) is 0. The predicted molar refractivity (Wildman–Crippen MR) is 114 cm³/mol. The molecule has 0 aromatic heterocycles. The molecule has 152 valence electrons. The quantitative estimate of drug-likeness (QED) is 0.249. The van der Waals surface area contributed by atoms with Crippen LogP contribution in [0.5, 0.6) is 5.75 Å². The minimum atomic E-state index is -1.49. The zero-order valence-electron chi connectivity index (χ0n) is 12.6. The van der Waals surface area contributed by atoms with E-state index in [9.17, 15) is 14.7 Å². The first-order chi connectivity index (χ1) is 12.7. The van der Waals surface area contributed by atoms with Gasteiger partial charge in [-0.2, -0.15) is 0 Å². The van der Waals surface area contributed by atoms with Crippen LogP contribution in [0.3, 0.4) is 0 Å². The van der Waals surface area contributed by atoms with Gasteiger partial charge in [0.2, 0.25) is 0 Å². The second-order valence-electron chi connectivity index (χ2n) is 4.53. The van der Waals surface area contributed by atoms with E-state index in [1.807, 2.05) is 0 Å². The molecule has 3 N–H and O–H groups in total. The second-order valence-corrected chi connectivity index (χ2v) is 7.94. The zero-order chi connectivity index (χ0) is 22.1. The number of phenolic OH excluding ortho intramolecular Hbond substituents is 1. The third kappa shape index (κ3) is 5.09. The van der Waals surface area contributed by atoms with Crippen LogP contribution < -0.4 is 0 Å². The molecule has 0 amide bonds. The molecule has 5 nitrogen and oxygen atoms in total. The summed E-state index contributed by atoms with van der Waals surface area (Å²) < 4.78 is 0. The zero-order valence-corrected chi connectivity index (χ0v) is 19.4. The van der Waals surface area contributed by atoms with E-state index in [1.165, 1.54) is 0 Å². The van der Waals surface area contributed by atoms with Crippen LogP contribution in [0.2, 0.25) is 45.2 Å². The van der Waals surface area contributed by atoms with Gasteiger partial charge >= 0.3 is 11.9 Å². The summed E-state index contributed by atoms with van der Waals surface area (Å²) in [6, 6.07) is 0. The van der Waals surface area contributed by atoms with E-state index in [2.05, 4.69) is 0 Å². The Morgan fingerprint density at radius 2 is 0.714 bits per heavy atom. The maximum absolute atomic E-state index is 10.8. The van der Waals surface area contributed by atoms with Crippen molar-refractivity contribution in [1.29, 1.82) is 0 Å². The normalized spacial score (nSPS) is 10.3. The van der Waals surface area contributed by atoms with Crippen LogP contribution in [-0.2, 0) is 0 Å². The average Bonchev–Trinajstić information content (AvgIpc) is 2.61. The van der Waals surface area contributed by atoms with Crippen molar-refractivity contribution >= 4 is 116 Å². The minimum Gasteiger partial charge on any atom is -0.505 e. The Morgan fingerprint density at radius 1 is 0.464 bits per heavy atom. The molecule has 0 bridgehead atoms. The Bertz CT molecular complexity index is 844. The molecule has 2 aromatic rings. The fraction of sp³-hybridized carbons (Fsp3) is 0. The van der Waals surface area contributed by atoms with Crippen molar-refractivity contribution in [3.05, 3.63) is 56.3 Å². The lowest BCUT2D eigenvalue weighted by Crippen LogP contribution is -2.07. The molecular formula is C14H3Cl9O5. The van der Waals surface area contributed by atoms with Gasteiger partial charge in [0.25, 0.3) is 0 Å². The Balaban J connectivity index is 0.000000292. The Morgan fingerprint density at radius 3 is 1.00 bits per heavy atom. The number of hydrogen-bond donors (Lipinski definition) is 3. The van der Waals surface area contributed by atoms with Crippen molar-refractivity contribution in [2.75, 3.05) is 0 Å². The lowest BCUT2D eigenvalue weighted by Gasteiger charge is -2.10. The highest BCUT2D eigenvalue weighted by Crippen LogP contribution is 2.47. The molecule has 0 unspecified atom stereocenters. The fourth-order valence-corrected chi connectivity index (χ4v) is 3.96. The molecule has 0 aliphatic rings. The number of halogens is 9. The van der Waals surface area contributed by atoms with Gasteiger partial charge in [-0.05, 0) is 0 Å². The Labute approximate surface area is 202 Å². The van der Waals surface area contributed by atoms with E-state index in [-0.39, 0.29) is 35.9 Å². The molecule has 0 spiro atoms. The molecule has 28 heavy (non-hydrogen) atoms. The molecule has 0 atom stereocenters. The summed E-state index contributed by atoms with van der Waals surface area (Å²) >= 11 is 50.3. The highest BCUT2D eigenvalue weighted by atomic mass is 35.5. The van der Waals surface area contributed by atoms with Crippen LogP contribution in [0.1, 0.15) is 20.7 Å². The molecule has 0 heterocycles. The molecule has 0 radical (unpaired) electrons. The molecule has 2 aromatic carbocycles. The first-order valence-electron chi connectivity index (χ1n) is 6.28. The summed E-state index contributed by atoms with van der Waals surface area (Å²) in [5, 5.41) is 24.9. The summed E-state index contributed by atoms with van der Waals surface area (Å²) in [4.78, 5) is 21.6. The monoisotopic (exact) mass is 566 g/mol. The van der Waals surface area contributed by atoms with Gasteiger partial charge in [0, 0.05) is 0 Å². The van der Waals surface area contributed by atoms with E-state index < -0.39 is 38.1 Å².